The van der Waals surface area contributed by atoms with E-state index < -0.39 is 35.6 Å². The number of rotatable bonds is 5. The Morgan fingerprint density at radius 1 is 1.07 bits per heavy atom. The van der Waals surface area contributed by atoms with Crippen molar-refractivity contribution in [1.82, 2.24) is 24.9 Å². The normalized spacial score (nSPS) is 15.3. The average Bonchev–Trinajstić information content (AvgIpc) is 3.36. The highest BCUT2D eigenvalue weighted by Gasteiger charge is 2.38. The van der Waals surface area contributed by atoms with Crippen molar-refractivity contribution in [3.8, 4) is 28.8 Å². The van der Waals surface area contributed by atoms with E-state index >= 15 is 0 Å². The Kier molecular flexibility index (Phi) is 10.1. The van der Waals surface area contributed by atoms with Crippen LogP contribution in [0.25, 0.3) is 11.3 Å². The molecule has 4 amide bonds. The minimum absolute atomic E-state index is 0.0135. The van der Waals surface area contributed by atoms with Crippen LogP contribution in [0.4, 0.5) is 10.5 Å². The summed E-state index contributed by atoms with van der Waals surface area (Å²) in [5.74, 6) is 5.20. The van der Waals surface area contributed by atoms with Crippen molar-refractivity contribution < 1.29 is 29.0 Å². The molecule has 1 aliphatic rings. The molecule has 12 heteroatoms. The molecule has 2 atom stereocenters. The lowest BCUT2D eigenvalue weighted by molar-refractivity contribution is -0.147. The van der Waals surface area contributed by atoms with Crippen LogP contribution in [-0.2, 0) is 26.2 Å². The van der Waals surface area contributed by atoms with Gasteiger partial charge in [-0.15, -0.1) is 0 Å². The third-order valence-electron chi connectivity index (χ3n) is 7.24. The fraction of sp³-hybridized carbons (Fsp3) is 0.382. The van der Waals surface area contributed by atoms with Gasteiger partial charge in [-0.25, -0.2) is 4.79 Å². The lowest BCUT2D eigenvalue weighted by atomic mass is 10.0. The number of phenols is 1. The van der Waals surface area contributed by atoms with Crippen LogP contribution in [0.5, 0.6) is 5.75 Å². The number of carbonyl (C=O) groups excluding carboxylic acids is 4. The van der Waals surface area contributed by atoms with Crippen LogP contribution < -0.4 is 10.6 Å². The number of piperazine rings is 1. The molecule has 0 bridgehead atoms. The van der Waals surface area contributed by atoms with E-state index in [9.17, 15) is 24.3 Å². The Labute approximate surface area is 268 Å². The largest absolute Gasteiger partial charge is 0.507 e. The molecule has 0 radical (unpaired) electrons. The van der Waals surface area contributed by atoms with E-state index in [1.54, 1.807) is 69.0 Å². The van der Waals surface area contributed by atoms with Gasteiger partial charge in [0.05, 0.1) is 12.1 Å². The van der Waals surface area contributed by atoms with Crippen molar-refractivity contribution in [2.24, 2.45) is 7.05 Å². The molecule has 0 saturated carbocycles. The van der Waals surface area contributed by atoms with Gasteiger partial charge in [0.2, 0.25) is 17.7 Å². The summed E-state index contributed by atoms with van der Waals surface area (Å²) in [5, 5.41) is 20.3. The Balaban J connectivity index is 1.48. The highest BCUT2D eigenvalue weighted by Crippen LogP contribution is 2.31. The van der Waals surface area contributed by atoms with Crippen molar-refractivity contribution in [3.05, 3.63) is 65.4 Å². The topological polar surface area (TPSA) is 146 Å². The highest BCUT2D eigenvalue weighted by atomic mass is 16.6. The number of aryl methyl sites for hydroxylation is 2. The second-order valence-electron chi connectivity index (χ2n) is 12.3. The molecule has 3 aromatic rings. The van der Waals surface area contributed by atoms with Gasteiger partial charge in [-0.2, -0.15) is 5.10 Å². The zero-order valence-electron chi connectivity index (χ0n) is 27.2. The number of ether oxygens (including phenoxy) is 1. The fourth-order valence-electron chi connectivity index (χ4n) is 4.97. The predicted molar refractivity (Wildman–Crippen MR) is 173 cm³/mol. The Morgan fingerprint density at radius 3 is 2.41 bits per heavy atom. The number of carbonyl (C=O) groups is 4. The standard InChI is InChI=1S/C34H40N6O6/c1-21-8-15-29(42)27(18-21)30-25(19-38(7)37-30)12-9-24-10-13-26(14-11-24)36-31(43)28-20-39(23(3)41)16-17-40(28)32(44)22(2)35-33(45)46-34(4,5)6/h8,10-11,13-15,18-19,22,28,42H,16-17,20H2,1-7H3,(H,35,45)(H,36,43)/t22-,28+/m1/s1. The maximum atomic E-state index is 13.5. The van der Waals surface area contributed by atoms with Gasteiger partial charge in [-0.3, -0.25) is 19.1 Å². The van der Waals surface area contributed by atoms with Gasteiger partial charge in [0.15, 0.2) is 0 Å². The minimum atomic E-state index is -0.977. The lowest BCUT2D eigenvalue weighted by Crippen LogP contribution is -2.63. The first-order valence-corrected chi connectivity index (χ1v) is 14.9. The molecule has 1 aromatic heterocycles. The van der Waals surface area contributed by atoms with Gasteiger partial charge in [0, 0.05) is 50.1 Å². The monoisotopic (exact) mass is 628 g/mol. The van der Waals surface area contributed by atoms with Crippen LogP contribution in [0.3, 0.4) is 0 Å². The van der Waals surface area contributed by atoms with Gasteiger partial charge in [0.1, 0.15) is 29.1 Å². The molecule has 0 unspecified atom stereocenters. The van der Waals surface area contributed by atoms with Crippen molar-refractivity contribution in [2.75, 3.05) is 25.0 Å². The van der Waals surface area contributed by atoms with Gasteiger partial charge >= 0.3 is 6.09 Å². The first-order chi connectivity index (χ1) is 21.6. The van der Waals surface area contributed by atoms with E-state index in [1.807, 2.05) is 19.1 Å². The second kappa shape index (κ2) is 13.8. The molecule has 2 heterocycles. The Bertz CT molecular complexity index is 1700. The van der Waals surface area contributed by atoms with E-state index in [2.05, 4.69) is 27.6 Å². The number of aromatic hydroxyl groups is 1. The summed E-state index contributed by atoms with van der Waals surface area (Å²) in [6.07, 6.45) is 1.04. The lowest BCUT2D eigenvalue weighted by Gasteiger charge is -2.41. The molecule has 0 spiro atoms. The maximum absolute atomic E-state index is 13.5. The molecule has 1 saturated heterocycles. The molecule has 1 fully saturated rings. The van der Waals surface area contributed by atoms with Crippen LogP contribution in [0.2, 0.25) is 0 Å². The quantitative estimate of drug-likeness (QED) is 0.367. The fourth-order valence-corrected chi connectivity index (χ4v) is 4.97. The number of anilines is 1. The first-order valence-electron chi connectivity index (χ1n) is 14.9. The number of phenolic OH excluding ortho intramolecular Hbond substituents is 1. The zero-order valence-corrected chi connectivity index (χ0v) is 27.2. The highest BCUT2D eigenvalue weighted by molar-refractivity contribution is 5.99. The summed E-state index contributed by atoms with van der Waals surface area (Å²) < 4.78 is 6.90. The Morgan fingerprint density at radius 2 is 1.76 bits per heavy atom. The number of nitrogens with zero attached hydrogens (tertiary/aromatic N) is 4. The van der Waals surface area contributed by atoms with E-state index in [-0.39, 0.29) is 31.3 Å². The van der Waals surface area contributed by atoms with E-state index in [4.69, 9.17) is 4.74 Å². The number of alkyl carbamates (subject to hydrolysis) is 1. The summed E-state index contributed by atoms with van der Waals surface area (Å²) in [4.78, 5) is 54.1. The molecule has 4 rings (SSSR count). The van der Waals surface area contributed by atoms with Gasteiger partial charge in [-0.1, -0.05) is 23.5 Å². The molecule has 2 aromatic carbocycles. The van der Waals surface area contributed by atoms with Gasteiger partial charge < -0.3 is 30.3 Å². The molecule has 12 nitrogen and oxygen atoms in total. The molecular weight excluding hydrogens is 588 g/mol. The van der Waals surface area contributed by atoms with Crippen LogP contribution in [0, 0.1) is 18.8 Å². The second-order valence-corrected chi connectivity index (χ2v) is 12.3. The summed E-state index contributed by atoms with van der Waals surface area (Å²) >= 11 is 0. The van der Waals surface area contributed by atoms with Gasteiger partial charge in [-0.05, 0) is 71.0 Å². The molecule has 3 N–H and O–H groups in total. The summed E-state index contributed by atoms with van der Waals surface area (Å²) in [6.45, 7) is 10.4. The van der Waals surface area contributed by atoms with Gasteiger partial charge in [0.25, 0.3) is 0 Å². The summed E-state index contributed by atoms with van der Waals surface area (Å²) in [6, 6.07) is 10.3. The predicted octanol–water partition coefficient (Wildman–Crippen LogP) is 3.41. The van der Waals surface area contributed by atoms with E-state index in [0.29, 0.717) is 28.1 Å². The third-order valence-corrected chi connectivity index (χ3v) is 7.24. The van der Waals surface area contributed by atoms with Crippen LogP contribution in [0.1, 0.15) is 51.3 Å². The molecule has 0 aliphatic carbocycles. The number of hydrogen-bond acceptors (Lipinski definition) is 7. The minimum Gasteiger partial charge on any atom is -0.507 e. The Hall–Kier alpha value is -5.31. The summed E-state index contributed by atoms with van der Waals surface area (Å²) in [5.41, 5.74) is 3.22. The van der Waals surface area contributed by atoms with E-state index in [0.717, 1.165) is 5.56 Å². The van der Waals surface area contributed by atoms with Crippen LogP contribution >= 0.6 is 0 Å². The molecule has 46 heavy (non-hydrogen) atoms. The number of hydrogen-bond donors (Lipinski definition) is 3. The first kappa shape index (κ1) is 33.6. The molecular formula is C34H40N6O6. The maximum Gasteiger partial charge on any atom is 0.408 e. The number of nitrogens with one attached hydrogen (secondary N) is 2. The van der Waals surface area contributed by atoms with Crippen molar-refractivity contribution in [3.63, 3.8) is 0 Å². The smallest absolute Gasteiger partial charge is 0.408 e. The molecule has 1 aliphatic heterocycles. The SMILES string of the molecule is CC(=O)N1CCN(C(=O)[C@@H](C)NC(=O)OC(C)(C)C)[C@H](C(=O)Nc2ccc(C#Cc3cn(C)nc3-c3cc(C)ccc3O)cc2)C1. The van der Waals surface area contributed by atoms with E-state index in [1.165, 1.54) is 23.6 Å². The van der Waals surface area contributed by atoms with Crippen molar-refractivity contribution >= 4 is 29.5 Å². The van der Waals surface area contributed by atoms with Crippen molar-refractivity contribution in [1.29, 1.82) is 0 Å². The van der Waals surface area contributed by atoms with Crippen molar-refractivity contribution in [2.45, 2.75) is 59.2 Å². The summed E-state index contributed by atoms with van der Waals surface area (Å²) in [7, 11) is 1.79. The number of amides is 4. The average molecular weight is 629 g/mol. The van der Waals surface area contributed by atoms with Crippen LogP contribution in [-0.4, -0.2) is 85.8 Å². The molecule has 242 valence electrons. The zero-order chi connectivity index (χ0) is 33.8. The third kappa shape index (κ3) is 8.44. The number of benzene rings is 2. The van der Waals surface area contributed by atoms with Crippen LogP contribution in [0.15, 0.2) is 48.7 Å². The number of aromatic nitrogens is 2.